The summed E-state index contributed by atoms with van der Waals surface area (Å²) in [6.45, 7) is 1.54. The topological polar surface area (TPSA) is 96.4 Å². The summed E-state index contributed by atoms with van der Waals surface area (Å²) in [7, 11) is -4.00. The zero-order valence-corrected chi connectivity index (χ0v) is 11.7. The summed E-state index contributed by atoms with van der Waals surface area (Å²) < 4.78 is 39.7. The number of pyridine rings is 1. The van der Waals surface area contributed by atoms with Crippen molar-refractivity contribution in [3.05, 3.63) is 53.5 Å². The van der Waals surface area contributed by atoms with Gasteiger partial charge in [-0.15, -0.1) is 0 Å². The maximum Gasteiger partial charge on any atom is 0.337 e. The number of aryl methyl sites for hydroxylation is 1. The number of rotatable bonds is 4. The van der Waals surface area contributed by atoms with Gasteiger partial charge < -0.3 is 5.11 Å². The smallest absolute Gasteiger partial charge is 0.337 e. The molecule has 2 rings (SSSR count). The van der Waals surface area contributed by atoms with Gasteiger partial charge in [0.25, 0.3) is 10.0 Å². The average molecular weight is 310 g/mol. The van der Waals surface area contributed by atoms with Gasteiger partial charge in [-0.2, -0.15) is 0 Å². The van der Waals surface area contributed by atoms with Crippen LogP contribution >= 0.6 is 0 Å². The molecule has 0 saturated carbocycles. The first kappa shape index (κ1) is 14.9. The number of nitrogens with zero attached hydrogens (tertiary/aromatic N) is 1. The van der Waals surface area contributed by atoms with Crippen molar-refractivity contribution in [1.82, 2.24) is 4.98 Å². The third-order valence-corrected chi connectivity index (χ3v) is 4.19. The first-order valence-corrected chi connectivity index (χ1v) is 7.26. The Bertz CT molecular complexity index is 788. The predicted molar refractivity (Wildman–Crippen MR) is 73.1 cm³/mol. The molecule has 1 aromatic carbocycles. The number of benzene rings is 1. The number of carbonyl (C=O) groups is 1. The van der Waals surface area contributed by atoms with Crippen LogP contribution in [0.5, 0.6) is 0 Å². The van der Waals surface area contributed by atoms with Crippen molar-refractivity contribution in [1.29, 1.82) is 0 Å². The van der Waals surface area contributed by atoms with Gasteiger partial charge in [0.2, 0.25) is 0 Å². The highest BCUT2D eigenvalue weighted by atomic mass is 32.2. The molecule has 21 heavy (non-hydrogen) atoms. The predicted octanol–water partition coefficient (Wildman–Crippen LogP) is 2.03. The lowest BCUT2D eigenvalue weighted by Crippen LogP contribution is -2.15. The van der Waals surface area contributed by atoms with E-state index >= 15 is 0 Å². The van der Waals surface area contributed by atoms with Gasteiger partial charge in [0, 0.05) is 6.20 Å². The second kappa shape index (κ2) is 5.49. The summed E-state index contributed by atoms with van der Waals surface area (Å²) in [5.74, 6) is -1.89. The largest absolute Gasteiger partial charge is 0.478 e. The lowest BCUT2D eigenvalue weighted by molar-refractivity contribution is 0.0696. The quantitative estimate of drug-likeness (QED) is 0.900. The van der Waals surface area contributed by atoms with Gasteiger partial charge in [-0.1, -0.05) is 6.07 Å². The van der Waals surface area contributed by atoms with Gasteiger partial charge in [0.15, 0.2) is 0 Å². The number of aromatic nitrogens is 1. The number of halogens is 1. The van der Waals surface area contributed by atoms with E-state index in [1.807, 2.05) is 0 Å². The van der Waals surface area contributed by atoms with Gasteiger partial charge in [-0.05, 0) is 36.8 Å². The Morgan fingerprint density at radius 2 is 2.00 bits per heavy atom. The van der Waals surface area contributed by atoms with E-state index in [-0.39, 0.29) is 16.3 Å². The lowest BCUT2D eigenvalue weighted by atomic mass is 10.2. The van der Waals surface area contributed by atoms with Crippen LogP contribution < -0.4 is 4.72 Å². The van der Waals surface area contributed by atoms with Crippen molar-refractivity contribution < 1.29 is 22.7 Å². The molecule has 8 heteroatoms. The van der Waals surface area contributed by atoms with Crippen molar-refractivity contribution in [3.8, 4) is 0 Å². The van der Waals surface area contributed by atoms with Crippen molar-refractivity contribution in [2.75, 3.05) is 4.72 Å². The number of anilines is 1. The zero-order valence-electron chi connectivity index (χ0n) is 10.9. The van der Waals surface area contributed by atoms with E-state index in [2.05, 4.69) is 9.71 Å². The van der Waals surface area contributed by atoms with Gasteiger partial charge in [0.05, 0.1) is 10.5 Å². The zero-order chi connectivity index (χ0) is 15.6. The minimum Gasteiger partial charge on any atom is -0.478 e. The van der Waals surface area contributed by atoms with Crippen LogP contribution in [0.25, 0.3) is 0 Å². The fraction of sp³-hybridized carbons (Fsp3) is 0.0769. The molecule has 0 radical (unpaired) electrons. The molecule has 0 fully saturated rings. The van der Waals surface area contributed by atoms with Crippen LogP contribution in [-0.2, 0) is 10.0 Å². The summed E-state index contributed by atoms with van der Waals surface area (Å²) in [4.78, 5) is 14.2. The van der Waals surface area contributed by atoms with E-state index in [0.717, 1.165) is 18.3 Å². The van der Waals surface area contributed by atoms with Crippen molar-refractivity contribution in [2.24, 2.45) is 0 Å². The van der Waals surface area contributed by atoms with Crippen LogP contribution in [0.4, 0.5) is 10.2 Å². The Hall–Kier alpha value is -2.48. The minimum atomic E-state index is -4.00. The second-order valence-corrected chi connectivity index (χ2v) is 5.90. The number of sulfonamides is 1. The van der Waals surface area contributed by atoms with Crippen molar-refractivity contribution in [3.63, 3.8) is 0 Å². The summed E-state index contributed by atoms with van der Waals surface area (Å²) in [6, 6.07) is 5.85. The molecule has 0 saturated heterocycles. The van der Waals surface area contributed by atoms with E-state index in [1.165, 1.54) is 25.1 Å². The number of hydrogen-bond acceptors (Lipinski definition) is 4. The monoisotopic (exact) mass is 310 g/mol. The summed E-state index contributed by atoms with van der Waals surface area (Å²) in [6.07, 6.45) is 1.03. The van der Waals surface area contributed by atoms with E-state index in [4.69, 9.17) is 5.11 Å². The molecule has 1 aromatic heterocycles. The molecule has 0 atom stereocenters. The summed E-state index contributed by atoms with van der Waals surface area (Å²) in [5.41, 5.74) is 0.311. The van der Waals surface area contributed by atoms with Gasteiger partial charge in [-0.25, -0.2) is 22.6 Å². The van der Waals surface area contributed by atoms with E-state index in [1.54, 1.807) is 0 Å². The maximum atomic E-state index is 13.2. The Kier molecular flexibility index (Phi) is 3.90. The van der Waals surface area contributed by atoms with E-state index in [9.17, 15) is 17.6 Å². The summed E-state index contributed by atoms with van der Waals surface area (Å²) >= 11 is 0. The fourth-order valence-corrected chi connectivity index (χ4v) is 2.90. The third-order valence-electron chi connectivity index (χ3n) is 2.69. The van der Waals surface area contributed by atoms with Crippen LogP contribution in [0.1, 0.15) is 15.9 Å². The summed E-state index contributed by atoms with van der Waals surface area (Å²) in [5, 5.41) is 8.73. The normalized spacial score (nSPS) is 11.1. The lowest BCUT2D eigenvalue weighted by Gasteiger charge is -2.09. The molecule has 0 amide bonds. The van der Waals surface area contributed by atoms with E-state index in [0.29, 0.717) is 5.56 Å². The Morgan fingerprint density at radius 1 is 1.29 bits per heavy atom. The highest BCUT2D eigenvalue weighted by Gasteiger charge is 2.18. The molecule has 1 heterocycles. The van der Waals surface area contributed by atoms with E-state index < -0.39 is 21.8 Å². The molecule has 6 nitrogen and oxygen atoms in total. The Morgan fingerprint density at radius 3 is 2.57 bits per heavy atom. The standard InChI is InChI=1S/C13H11FN2O4S/c1-8-2-4-10(14)6-11(8)21(19,20)16-12-5-3-9(7-15-12)13(17)18/h2-7H,1H3,(H,15,16)(H,17,18). The number of carboxylic acid groups (broad SMARTS) is 1. The SMILES string of the molecule is Cc1ccc(F)cc1S(=O)(=O)Nc1ccc(C(=O)O)cn1. The highest BCUT2D eigenvalue weighted by molar-refractivity contribution is 7.92. The average Bonchev–Trinajstić information content (AvgIpc) is 2.41. The molecule has 0 spiro atoms. The first-order chi connectivity index (χ1) is 9.79. The number of carboxylic acids is 1. The fourth-order valence-electron chi connectivity index (χ4n) is 1.64. The molecule has 0 unspecified atom stereocenters. The third kappa shape index (κ3) is 3.34. The van der Waals surface area contributed by atoms with Crippen LogP contribution in [0.15, 0.2) is 41.4 Å². The Balaban J connectivity index is 2.33. The second-order valence-electron chi connectivity index (χ2n) is 4.25. The van der Waals surface area contributed by atoms with Crippen LogP contribution in [0, 0.1) is 12.7 Å². The highest BCUT2D eigenvalue weighted by Crippen LogP contribution is 2.19. The van der Waals surface area contributed by atoms with Crippen LogP contribution in [0.2, 0.25) is 0 Å². The molecule has 0 aliphatic heterocycles. The Labute approximate surface area is 120 Å². The number of nitrogens with one attached hydrogen (secondary N) is 1. The number of aromatic carboxylic acids is 1. The van der Waals surface area contributed by atoms with Gasteiger partial charge in [0.1, 0.15) is 11.6 Å². The van der Waals surface area contributed by atoms with Gasteiger partial charge in [-0.3, -0.25) is 4.72 Å². The molecular formula is C13H11FN2O4S. The van der Waals surface area contributed by atoms with Crippen LogP contribution in [-0.4, -0.2) is 24.5 Å². The molecule has 2 N–H and O–H groups in total. The molecule has 0 bridgehead atoms. The van der Waals surface area contributed by atoms with Crippen LogP contribution in [0.3, 0.4) is 0 Å². The molecule has 0 aliphatic rings. The van der Waals surface area contributed by atoms with Crippen molar-refractivity contribution >= 4 is 21.8 Å². The molecular weight excluding hydrogens is 299 g/mol. The molecule has 0 aliphatic carbocycles. The minimum absolute atomic E-state index is 0.0522. The van der Waals surface area contributed by atoms with Crippen molar-refractivity contribution in [2.45, 2.75) is 11.8 Å². The molecule has 2 aromatic rings. The molecule has 110 valence electrons. The number of hydrogen-bond donors (Lipinski definition) is 2. The first-order valence-electron chi connectivity index (χ1n) is 5.78. The maximum absolute atomic E-state index is 13.2. The van der Waals surface area contributed by atoms with Gasteiger partial charge >= 0.3 is 5.97 Å².